The highest BCUT2D eigenvalue weighted by molar-refractivity contribution is 6.32. The summed E-state index contributed by atoms with van der Waals surface area (Å²) in [4.78, 5) is 33.4. The third-order valence-electron chi connectivity index (χ3n) is 2.73. The molecule has 1 saturated carbocycles. The first-order chi connectivity index (χ1) is 8.13. The Kier molecular flexibility index (Phi) is 5.45. The number of esters is 1. The fraction of sp³-hybridized carbons (Fsp3) is 0.727. The van der Waals surface area contributed by atoms with Crippen molar-refractivity contribution in [3.8, 4) is 0 Å². The van der Waals surface area contributed by atoms with Gasteiger partial charge in [-0.1, -0.05) is 12.8 Å². The highest BCUT2D eigenvalue weighted by Gasteiger charge is 2.20. The van der Waals surface area contributed by atoms with Crippen LogP contribution >= 0.6 is 0 Å². The Labute approximate surface area is 100 Å². The van der Waals surface area contributed by atoms with E-state index in [9.17, 15) is 14.4 Å². The van der Waals surface area contributed by atoms with Crippen LogP contribution in [0.2, 0.25) is 0 Å². The van der Waals surface area contributed by atoms with Crippen LogP contribution in [-0.2, 0) is 19.1 Å². The fourth-order valence-electron chi connectivity index (χ4n) is 1.90. The Morgan fingerprint density at radius 2 is 1.82 bits per heavy atom. The van der Waals surface area contributed by atoms with Crippen LogP contribution in [-0.4, -0.2) is 24.4 Å². The number of carbonyl (C=O) groups excluding carboxylic acids is 3. The lowest BCUT2D eigenvalue weighted by molar-refractivity contribution is -0.155. The topological polar surface area (TPSA) is 84.5 Å². The van der Waals surface area contributed by atoms with E-state index in [0.29, 0.717) is 12.3 Å². The summed E-state index contributed by atoms with van der Waals surface area (Å²) in [5, 5.41) is 0. The molecular weight excluding hydrogens is 224 g/mol. The van der Waals surface area contributed by atoms with Crippen LogP contribution in [0.4, 0.5) is 0 Å². The molecule has 0 heterocycles. The van der Waals surface area contributed by atoms with Gasteiger partial charge in [-0.25, -0.2) is 4.79 Å². The lowest BCUT2D eigenvalue weighted by Crippen LogP contribution is -2.45. The SMILES string of the molecule is CCOC(=O)C(=O)NNC(=O)CC1CCCC1. The summed E-state index contributed by atoms with van der Waals surface area (Å²) in [5.41, 5.74) is 4.24. The summed E-state index contributed by atoms with van der Waals surface area (Å²) in [7, 11) is 0. The lowest BCUT2D eigenvalue weighted by Gasteiger charge is -2.09. The lowest BCUT2D eigenvalue weighted by atomic mass is 10.0. The van der Waals surface area contributed by atoms with Crippen LogP contribution in [0.1, 0.15) is 39.0 Å². The molecule has 1 aliphatic rings. The molecule has 0 spiro atoms. The second kappa shape index (κ2) is 6.88. The van der Waals surface area contributed by atoms with E-state index in [1.165, 1.54) is 0 Å². The number of hydrazine groups is 1. The zero-order valence-electron chi connectivity index (χ0n) is 9.95. The Morgan fingerprint density at radius 1 is 1.18 bits per heavy atom. The molecule has 0 radical (unpaired) electrons. The first kappa shape index (κ1) is 13.5. The molecule has 1 rings (SSSR count). The molecule has 0 atom stereocenters. The number of amides is 2. The largest absolute Gasteiger partial charge is 0.459 e. The van der Waals surface area contributed by atoms with Crippen LogP contribution in [0.5, 0.6) is 0 Å². The van der Waals surface area contributed by atoms with Gasteiger partial charge in [0.25, 0.3) is 0 Å². The minimum Gasteiger partial charge on any atom is -0.459 e. The number of carbonyl (C=O) groups is 3. The minimum atomic E-state index is -0.992. The van der Waals surface area contributed by atoms with Crippen molar-refractivity contribution in [1.82, 2.24) is 10.9 Å². The molecule has 6 nitrogen and oxygen atoms in total. The van der Waals surface area contributed by atoms with Crippen molar-refractivity contribution in [2.45, 2.75) is 39.0 Å². The summed E-state index contributed by atoms with van der Waals surface area (Å²) < 4.78 is 4.47. The number of nitrogens with one attached hydrogen (secondary N) is 2. The predicted octanol–water partition coefficient (Wildman–Crippen LogP) is 0.277. The number of ether oxygens (including phenoxy) is 1. The summed E-state index contributed by atoms with van der Waals surface area (Å²) in [6.07, 6.45) is 4.82. The van der Waals surface area contributed by atoms with Gasteiger partial charge in [0, 0.05) is 6.42 Å². The molecule has 0 aromatic heterocycles. The zero-order valence-corrected chi connectivity index (χ0v) is 9.95. The van der Waals surface area contributed by atoms with Crippen LogP contribution < -0.4 is 10.9 Å². The molecule has 1 aliphatic carbocycles. The van der Waals surface area contributed by atoms with Crippen molar-refractivity contribution in [3.63, 3.8) is 0 Å². The van der Waals surface area contributed by atoms with E-state index in [-0.39, 0.29) is 12.5 Å². The van der Waals surface area contributed by atoms with Crippen molar-refractivity contribution in [1.29, 1.82) is 0 Å². The predicted molar refractivity (Wildman–Crippen MR) is 59.5 cm³/mol. The van der Waals surface area contributed by atoms with E-state index in [1.54, 1.807) is 6.92 Å². The van der Waals surface area contributed by atoms with Gasteiger partial charge in [0.2, 0.25) is 5.91 Å². The van der Waals surface area contributed by atoms with Gasteiger partial charge in [0.15, 0.2) is 0 Å². The van der Waals surface area contributed by atoms with Crippen molar-refractivity contribution in [3.05, 3.63) is 0 Å². The van der Waals surface area contributed by atoms with Gasteiger partial charge in [0.1, 0.15) is 0 Å². The molecule has 0 bridgehead atoms. The maximum Gasteiger partial charge on any atom is 0.398 e. The fourth-order valence-corrected chi connectivity index (χ4v) is 1.90. The highest BCUT2D eigenvalue weighted by atomic mass is 16.5. The third kappa shape index (κ3) is 4.84. The van der Waals surface area contributed by atoms with Gasteiger partial charge >= 0.3 is 11.9 Å². The van der Waals surface area contributed by atoms with Crippen molar-refractivity contribution in [2.24, 2.45) is 5.92 Å². The average molecular weight is 242 g/mol. The molecule has 1 fully saturated rings. The number of hydrogen-bond donors (Lipinski definition) is 2. The van der Waals surface area contributed by atoms with Gasteiger partial charge in [-0.3, -0.25) is 20.4 Å². The van der Waals surface area contributed by atoms with E-state index < -0.39 is 11.9 Å². The summed E-state index contributed by atoms with van der Waals surface area (Å²) in [6, 6.07) is 0. The van der Waals surface area contributed by atoms with Gasteiger partial charge in [-0.05, 0) is 25.7 Å². The Morgan fingerprint density at radius 3 is 2.41 bits per heavy atom. The zero-order chi connectivity index (χ0) is 12.7. The molecule has 0 saturated heterocycles. The van der Waals surface area contributed by atoms with E-state index in [2.05, 4.69) is 10.2 Å². The van der Waals surface area contributed by atoms with Crippen molar-refractivity contribution >= 4 is 17.8 Å². The Bertz CT molecular complexity index is 298. The monoisotopic (exact) mass is 242 g/mol. The first-order valence-electron chi connectivity index (χ1n) is 5.89. The van der Waals surface area contributed by atoms with Gasteiger partial charge < -0.3 is 4.74 Å². The second-order valence-electron chi connectivity index (χ2n) is 4.08. The maximum absolute atomic E-state index is 11.4. The van der Waals surface area contributed by atoms with Gasteiger partial charge in [-0.15, -0.1) is 0 Å². The van der Waals surface area contributed by atoms with Crippen molar-refractivity contribution in [2.75, 3.05) is 6.61 Å². The van der Waals surface area contributed by atoms with Gasteiger partial charge in [-0.2, -0.15) is 0 Å². The maximum atomic E-state index is 11.4. The molecule has 0 aromatic carbocycles. The summed E-state index contributed by atoms with van der Waals surface area (Å²) in [5.74, 6) is -1.82. The smallest absolute Gasteiger partial charge is 0.398 e. The molecule has 2 N–H and O–H groups in total. The standard InChI is InChI=1S/C11H18N2O4/c1-2-17-11(16)10(15)13-12-9(14)7-8-5-3-4-6-8/h8H,2-7H2,1H3,(H,12,14)(H,13,15). The summed E-state index contributed by atoms with van der Waals surface area (Å²) in [6.45, 7) is 1.73. The molecule has 17 heavy (non-hydrogen) atoms. The van der Waals surface area contributed by atoms with Crippen LogP contribution in [0.15, 0.2) is 0 Å². The van der Waals surface area contributed by atoms with E-state index in [0.717, 1.165) is 25.7 Å². The second-order valence-corrected chi connectivity index (χ2v) is 4.08. The summed E-state index contributed by atoms with van der Waals surface area (Å²) >= 11 is 0. The van der Waals surface area contributed by atoms with Crippen LogP contribution in [0, 0.1) is 5.92 Å². The van der Waals surface area contributed by atoms with Crippen LogP contribution in [0.25, 0.3) is 0 Å². The minimum absolute atomic E-state index is 0.127. The molecule has 0 unspecified atom stereocenters. The third-order valence-corrected chi connectivity index (χ3v) is 2.73. The van der Waals surface area contributed by atoms with Crippen molar-refractivity contribution < 1.29 is 19.1 Å². The highest BCUT2D eigenvalue weighted by Crippen LogP contribution is 2.27. The number of hydrogen-bond acceptors (Lipinski definition) is 4. The average Bonchev–Trinajstić information content (AvgIpc) is 2.79. The first-order valence-corrected chi connectivity index (χ1v) is 5.89. The van der Waals surface area contributed by atoms with E-state index in [4.69, 9.17) is 0 Å². The van der Waals surface area contributed by atoms with E-state index >= 15 is 0 Å². The van der Waals surface area contributed by atoms with Crippen LogP contribution in [0.3, 0.4) is 0 Å². The Balaban J connectivity index is 2.18. The number of rotatable bonds is 3. The molecule has 0 aromatic rings. The molecule has 2 amide bonds. The molecule has 96 valence electrons. The normalized spacial score (nSPS) is 15.4. The molecule has 6 heteroatoms. The Hall–Kier alpha value is -1.59. The quantitative estimate of drug-likeness (QED) is 0.423. The van der Waals surface area contributed by atoms with Gasteiger partial charge in [0.05, 0.1) is 6.61 Å². The van der Waals surface area contributed by atoms with E-state index in [1.807, 2.05) is 5.43 Å². The molecule has 0 aliphatic heterocycles. The molecular formula is C11H18N2O4.